The molecular weight excluding hydrogens is 314 g/mol. The van der Waals surface area contributed by atoms with Crippen molar-refractivity contribution in [3.05, 3.63) is 34.3 Å². The van der Waals surface area contributed by atoms with E-state index < -0.39 is 0 Å². The summed E-state index contributed by atoms with van der Waals surface area (Å²) in [5, 5.41) is 4.40. The molecule has 1 atom stereocenters. The van der Waals surface area contributed by atoms with Gasteiger partial charge in [0.05, 0.1) is 0 Å². The van der Waals surface area contributed by atoms with Gasteiger partial charge in [-0.15, -0.1) is 0 Å². The second-order valence-corrected chi connectivity index (χ2v) is 5.97. The van der Waals surface area contributed by atoms with Crippen molar-refractivity contribution in [1.29, 1.82) is 0 Å². The van der Waals surface area contributed by atoms with Crippen LogP contribution in [0.4, 0.5) is 0 Å². The van der Waals surface area contributed by atoms with E-state index in [4.69, 9.17) is 11.6 Å². The van der Waals surface area contributed by atoms with Gasteiger partial charge in [0, 0.05) is 22.0 Å². The number of alkyl halides is 1. The SMILES string of the molecule is Cc1ccc(C(=O)NC(CBr)CC(C)C)cc1Cl. The van der Waals surface area contributed by atoms with E-state index in [0.717, 1.165) is 17.3 Å². The van der Waals surface area contributed by atoms with Gasteiger partial charge in [0.1, 0.15) is 0 Å². The van der Waals surface area contributed by atoms with Crippen LogP contribution in [-0.2, 0) is 0 Å². The molecule has 0 fully saturated rings. The Balaban J connectivity index is 2.71. The quantitative estimate of drug-likeness (QED) is 0.805. The average Bonchev–Trinajstić information content (AvgIpc) is 2.31. The monoisotopic (exact) mass is 331 g/mol. The molecule has 1 rings (SSSR count). The van der Waals surface area contributed by atoms with Gasteiger partial charge < -0.3 is 5.32 Å². The summed E-state index contributed by atoms with van der Waals surface area (Å²) >= 11 is 9.45. The fourth-order valence-electron chi connectivity index (χ4n) is 1.73. The lowest BCUT2D eigenvalue weighted by Gasteiger charge is -2.18. The molecule has 0 spiro atoms. The summed E-state index contributed by atoms with van der Waals surface area (Å²) in [6, 6.07) is 5.53. The number of hydrogen-bond donors (Lipinski definition) is 1. The average molecular weight is 333 g/mol. The minimum Gasteiger partial charge on any atom is -0.348 e. The number of amides is 1. The highest BCUT2D eigenvalue weighted by atomic mass is 79.9. The number of hydrogen-bond acceptors (Lipinski definition) is 1. The number of halogens is 2. The van der Waals surface area contributed by atoms with Crippen LogP contribution in [0.1, 0.15) is 36.2 Å². The largest absolute Gasteiger partial charge is 0.348 e. The molecule has 0 bridgehead atoms. The summed E-state index contributed by atoms with van der Waals surface area (Å²) < 4.78 is 0. The molecular formula is C14H19BrClNO. The second kappa shape index (κ2) is 7.15. The maximum atomic E-state index is 12.1. The van der Waals surface area contributed by atoms with Crippen molar-refractivity contribution in [1.82, 2.24) is 5.32 Å². The topological polar surface area (TPSA) is 29.1 Å². The van der Waals surface area contributed by atoms with Gasteiger partial charge in [-0.2, -0.15) is 0 Å². The molecule has 1 amide bonds. The highest BCUT2D eigenvalue weighted by Gasteiger charge is 2.14. The minimum absolute atomic E-state index is 0.0676. The number of rotatable bonds is 5. The lowest BCUT2D eigenvalue weighted by Crippen LogP contribution is -2.37. The van der Waals surface area contributed by atoms with Crippen molar-refractivity contribution in [3.8, 4) is 0 Å². The normalized spacial score (nSPS) is 12.6. The first-order valence-electron chi connectivity index (χ1n) is 6.07. The fourth-order valence-corrected chi connectivity index (χ4v) is 2.34. The van der Waals surface area contributed by atoms with Crippen molar-refractivity contribution >= 4 is 33.4 Å². The summed E-state index contributed by atoms with van der Waals surface area (Å²) in [5.41, 5.74) is 1.59. The van der Waals surface area contributed by atoms with Crippen LogP contribution < -0.4 is 5.32 Å². The second-order valence-electron chi connectivity index (χ2n) is 4.92. The van der Waals surface area contributed by atoms with Gasteiger partial charge in [0.15, 0.2) is 0 Å². The Morgan fingerprint density at radius 3 is 2.61 bits per heavy atom. The van der Waals surface area contributed by atoms with E-state index in [-0.39, 0.29) is 11.9 Å². The Hall–Kier alpha value is -0.540. The summed E-state index contributed by atoms with van der Waals surface area (Å²) in [6.45, 7) is 6.21. The van der Waals surface area contributed by atoms with Crippen LogP contribution in [0, 0.1) is 12.8 Å². The van der Waals surface area contributed by atoms with E-state index in [1.165, 1.54) is 0 Å². The zero-order chi connectivity index (χ0) is 13.7. The summed E-state index contributed by atoms with van der Waals surface area (Å²) in [7, 11) is 0. The molecule has 1 N–H and O–H groups in total. The summed E-state index contributed by atoms with van der Waals surface area (Å²) in [6.07, 6.45) is 0.955. The van der Waals surface area contributed by atoms with Crippen LogP contribution in [-0.4, -0.2) is 17.3 Å². The maximum absolute atomic E-state index is 12.1. The summed E-state index contributed by atoms with van der Waals surface area (Å²) in [4.78, 5) is 12.1. The molecule has 0 heterocycles. The van der Waals surface area contributed by atoms with Crippen molar-refractivity contribution in [3.63, 3.8) is 0 Å². The molecule has 0 aliphatic heterocycles. The Kier molecular flexibility index (Phi) is 6.16. The molecule has 100 valence electrons. The minimum atomic E-state index is -0.0676. The van der Waals surface area contributed by atoms with E-state index in [0.29, 0.717) is 16.5 Å². The molecule has 1 aromatic carbocycles. The molecule has 2 nitrogen and oxygen atoms in total. The van der Waals surface area contributed by atoms with Gasteiger partial charge >= 0.3 is 0 Å². The standard InChI is InChI=1S/C14H19BrClNO/c1-9(2)6-12(8-15)17-14(18)11-5-4-10(3)13(16)7-11/h4-5,7,9,12H,6,8H2,1-3H3,(H,17,18). The molecule has 18 heavy (non-hydrogen) atoms. The molecule has 0 saturated carbocycles. The Morgan fingerprint density at radius 1 is 1.44 bits per heavy atom. The smallest absolute Gasteiger partial charge is 0.251 e. The third-order valence-corrected chi connectivity index (χ3v) is 3.90. The van der Waals surface area contributed by atoms with Gasteiger partial charge in [-0.1, -0.05) is 47.4 Å². The van der Waals surface area contributed by atoms with Crippen LogP contribution >= 0.6 is 27.5 Å². The van der Waals surface area contributed by atoms with Crippen LogP contribution in [0.3, 0.4) is 0 Å². The first-order chi connectivity index (χ1) is 8.43. The summed E-state index contributed by atoms with van der Waals surface area (Å²) in [5.74, 6) is 0.483. The van der Waals surface area contributed by atoms with Gasteiger partial charge in [-0.05, 0) is 37.0 Å². The van der Waals surface area contributed by atoms with E-state index in [2.05, 4.69) is 35.1 Å². The number of nitrogens with one attached hydrogen (secondary N) is 1. The van der Waals surface area contributed by atoms with Crippen molar-refractivity contribution in [2.45, 2.75) is 33.2 Å². The van der Waals surface area contributed by atoms with E-state index in [1.807, 2.05) is 13.0 Å². The van der Waals surface area contributed by atoms with Crippen LogP contribution in [0.15, 0.2) is 18.2 Å². The number of aryl methyl sites for hydroxylation is 1. The highest BCUT2D eigenvalue weighted by Crippen LogP contribution is 2.17. The fraction of sp³-hybridized carbons (Fsp3) is 0.500. The van der Waals surface area contributed by atoms with Crippen molar-refractivity contribution in [2.75, 3.05) is 5.33 Å². The third kappa shape index (κ3) is 4.62. The third-order valence-electron chi connectivity index (χ3n) is 2.71. The zero-order valence-electron chi connectivity index (χ0n) is 11.0. The highest BCUT2D eigenvalue weighted by molar-refractivity contribution is 9.09. The predicted octanol–water partition coefficient (Wildman–Crippen LogP) is 4.19. The number of carbonyl (C=O) groups excluding carboxylic acids is 1. The maximum Gasteiger partial charge on any atom is 0.251 e. The molecule has 1 unspecified atom stereocenters. The van der Waals surface area contributed by atoms with E-state index >= 15 is 0 Å². The lowest BCUT2D eigenvalue weighted by atomic mass is 10.0. The van der Waals surface area contributed by atoms with Crippen LogP contribution in [0.2, 0.25) is 5.02 Å². The molecule has 0 aliphatic rings. The molecule has 0 saturated heterocycles. The van der Waals surface area contributed by atoms with Gasteiger partial charge in [0.25, 0.3) is 5.91 Å². The predicted molar refractivity (Wildman–Crippen MR) is 80.7 cm³/mol. The van der Waals surface area contributed by atoms with Gasteiger partial charge in [-0.25, -0.2) is 0 Å². The zero-order valence-corrected chi connectivity index (χ0v) is 13.3. The Labute approximate surface area is 122 Å². The molecule has 4 heteroatoms. The van der Waals surface area contributed by atoms with E-state index in [9.17, 15) is 4.79 Å². The number of carbonyl (C=O) groups is 1. The first kappa shape index (κ1) is 15.5. The van der Waals surface area contributed by atoms with Crippen molar-refractivity contribution < 1.29 is 4.79 Å². The van der Waals surface area contributed by atoms with Gasteiger partial charge in [0.2, 0.25) is 0 Å². The van der Waals surface area contributed by atoms with Crippen molar-refractivity contribution in [2.24, 2.45) is 5.92 Å². The van der Waals surface area contributed by atoms with Crippen LogP contribution in [0.5, 0.6) is 0 Å². The van der Waals surface area contributed by atoms with Gasteiger partial charge in [-0.3, -0.25) is 4.79 Å². The molecule has 1 aromatic rings. The molecule has 0 aromatic heterocycles. The molecule has 0 aliphatic carbocycles. The van der Waals surface area contributed by atoms with Crippen LogP contribution in [0.25, 0.3) is 0 Å². The Bertz CT molecular complexity index is 420. The first-order valence-corrected chi connectivity index (χ1v) is 7.57. The number of benzene rings is 1. The molecule has 0 radical (unpaired) electrons. The lowest BCUT2D eigenvalue weighted by molar-refractivity contribution is 0.0937. The van der Waals surface area contributed by atoms with E-state index in [1.54, 1.807) is 12.1 Å². The Morgan fingerprint density at radius 2 is 2.11 bits per heavy atom.